The fourth-order valence-corrected chi connectivity index (χ4v) is 4.15. The van der Waals surface area contributed by atoms with E-state index < -0.39 is 5.83 Å². The summed E-state index contributed by atoms with van der Waals surface area (Å²) in [4.78, 5) is 14.7. The molecule has 2 fully saturated rings. The number of para-hydroxylation sites is 1. The highest BCUT2D eigenvalue weighted by Gasteiger charge is 2.41. The predicted molar refractivity (Wildman–Crippen MR) is 128 cm³/mol. The van der Waals surface area contributed by atoms with Gasteiger partial charge in [0.15, 0.2) is 0 Å². The molecular formula is C27H32FN3O2. The van der Waals surface area contributed by atoms with Gasteiger partial charge in [0, 0.05) is 47.1 Å². The standard InChI is InChI=1S/C27H32FN3O2/c1-17-9-14-24(25(19(3)28)31(17)27(32)20-10-11-20)26(33-23-7-5-4-6-8-23)18(2)21(15-29)16-30-22-12-13-22/h4-8,15-17,20,22,29-30H,3,9-14H2,1-2H3/b21-16+,26-18-,29-15?/t17-/m0/s1. The maximum atomic E-state index is 15.0. The van der Waals surface area contributed by atoms with Crippen LogP contribution in [0.25, 0.3) is 0 Å². The highest BCUT2D eigenvalue weighted by molar-refractivity contribution is 5.85. The molecule has 4 rings (SSSR count). The molecule has 5 nitrogen and oxygen atoms in total. The number of amides is 1. The van der Waals surface area contributed by atoms with Crippen LogP contribution in [0.15, 0.2) is 77.1 Å². The summed E-state index contributed by atoms with van der Waals surface area (Å²) >= 11 is 0. The SMILES string of the molecule is C=C(F)C1=C(/C(Oc2ccccc2)=C(C)/C(C=N)=C/NC2CC2)CC[C@H](C)N1C(=O)C1CC1. The number of hydrogen-bond donors (Lipinski definition) is 2. The molecule has 1 amide bonds. The summed E-state index contributed by atoms with van der Waals surface area (Å²) in [5.41, 5.74) is 2.21. The number of nitrogens with zero attached hydrogens (tertiary/aromatic N) is 1. The summed E-state index contributed by atoms with van der Waals surface area (Å²) in [5.74, 6) is 0.376. The first-order valence-corrected chi connectivity index (χ1v) is 11.7. The molecule has 1 atom stereocenters. The minimum absolute atomic E-state index is 0.0375. The molecule has 0 spiro atoms. The van der Waals surface area contributed by atoms with E-state index in [0.29, 0.717) is 47.1 Å². The van der Waals surface area contributed by atoms with Gasteiger partial charge in [0.05, 0.1) is 5.70 Å². The first kappa shape index (κ1) is 23.0. The van der Waals surface area contributed by atoms with Crippen LogP contribution in [-0.4, -0.2) is 29.1 Å². The van der Waals surface area contributed by atoms with Crippen LogP contribution in [0.3, 0.4) is 0 Å². The van der Waals surface area contributed by atoms with Crippen molar-refractivity contribution in [2.75, 3.05) is 0 Å². The Bertz CT molecular complexity index is 1030. The molecule has 1 aromatic rings. The van der Waals surface area contributed by atoms with Crippen LogP contribution in [0, 0.1) is 11.3 Å². The van der Waals surface area contributed by atoms with Gasteiger partial charge in [0.25, 0.3) is 0 Å². The second kappa shape index (κ2) is 9.77. The molecule has 2 aliphatic carbocycles. The Morgan fingerprint density at radius 3 is 2.48 bits per heavy atom. The largest absolute Gasteiger partial charge is 0.457 e. The lowest BCUT2D eigenvalue weighted by Gasteiger charge is -2.37. The third kappa shape index (κ3) is 5.27. The molecule has 1 aromatic carbocycles. The van der Waals surface area contributed by atoms with Crippen LogP contribution >= 0.6 is 0 Å². The molecule has 33 heavy (non-hydrogen) atoms. The van der Waals surface area contributed by atoms with Gasteiger partial charge in [-0.2, -0.15) is 0 Å². The van der Waals surface area contributed by atoms with Crippen LogP contribution in [-0.2, 0) is 4.79 Å². The molecule has 0 aromatic heterocycles. The topological polar surface area (TPSA) is 65.4 Å². The van der Waals surface area contributed by atoms with Gasteiger partial charge in [-0.1, -0.05) is 24.8 Å². The third-order valence-electron chi connectivity index (χ3n) is 6.42. The van der Waals surface area contributed by atoms with Crippen LogP contribution in [0.1, 0.15) is 52.4 Å². The Morgan fingerprint density at radius 1 is 1.21 bits per heavy atom. The Labute approximate surface area is 195 Å². The van der Waals surface area contributed by atoms with Gasteiger partial charge in [0.2, 0.25) is 5.91 Å². The molecule has 0 bridgehead atoms. The van der Waals surface area contributed by atoms with Crippen molar-refractivity contribution < 1.29 is 13.9 Å². The van der Waals surface area contributed by atoms with Crippen molar-refractivity contribution in [2.24, 2.45) is 5.92 Å². The zero-order valence-electron chi connectivity index (χ0n) is 19.4. The Balaban J connectivity index is 1.84. The van der Waals surface area contributed by atoms with Crippen molar-refractivity contribution in [3.05, 3.63) is 77.1 Å². The first-order valence-electron chi connectivity index (χ1n) is 11.7. The van der Waals surface area contributed by atoms with Crippen molar-refractivity contribution in [1.82, 2.24) is 10.2 Å². The minimum atomic E-state index is -0.635. The van der Waals surface area contributed by atoms with E-state index in [0.717, 1.165) is 25.7 Å². The van der Waals surface area contributed by atoms with Crippen LogP contribution in [0.4, 0.5) is 4.39 Å². The Hall–Kier alpha value is -3.15. The summed E-state index contributed by atoms with van der Waals surface area (Å²) < 4.78 is 21.4. The molecule has 6 heteroatoms. The second-order valence-corrected chi connectivity index (χ2v) is 9.16. The van der Waals surface area contributed by atoms with Crippen molar-refractivity contribution in [2.45, 2.75) is 64.5 Å². The van der Waals surface area contributed by atoms with Crippen LogP contribution in [0.5, 0.6) is 5.75 Å². The number of benzene rings is 1. The molecule has 3 aliphatic rings. The van der Waals surface area contributed by atoms with E-state index in [9.17, 15) is 4.79 Å². The molecule has 0 unspecified atom stereocenters. The van der Waals surface area contributed by atoms with Gasteiger partial charge in [-0.3, -0.25) is 4.79 Å². The lowest BCUT2D eigenvalue weighted by Crippen LogP contribution is -2.42. The number of hydrogen-bond acceptors (Lipinski definition) is 4. The summed E-state index contributed by atoms with van der Waals surface area (Å²) in [7, 11) is 0. The zero-order chi connectivity index (χ0) is 23.5. The molecule has 174 valence electrons. The highest BCUT2D eigenvalue weighted by atomic mass is 19.1. The van der Waals surface area contributed by atoms with E-state index in [-0.39, 0.29) is 23.6 Å². The maximum absolute atomic E-state index is 15.0. The fourth-order valence-electron chi connectivity index (χ4n) is 4.15. The number of carbonyl (C=O) groups excluding carboxylic acids is 1. The van der Waals surface area contributed by atoms with Crippen molar-refractivity contribution >= 4 is 12.1 Å². The minimum Gasteiger partial charge on any atom is -0.457 e. The lowest BCUT2D eigenvalue weighted by atomic mass is 9.91. The van der Waals surface area contributed by atoms with Gasteiger partial charge < -0.3 is 20.4 Å². The molecule has 1 heterocycles. The molecule has 0 radical (unpaired) electrons. The quantitative estimate of drug-likeness (QED) is 0.285. The molecule has 1 aliphatic heterocycles. The first-order chi connectivity index (χ1) is 15.9. The van der Waals surface area contributed by atoms with Gasteiger partial charge in [-0.15, -0.1) is 0 Å². The number of nitrogens with one attached hydrogen (secondary N) is 2. The van der Waals surface area contributed by atoms with E-state index in [1.807, 2.05) is 50.4 Å². The number of rotatable bonds is 9. The van der Waals surface area contributed by atoms with Crippen molar-refractivity contribution in [1.29, 1.82) is 5.41 Å². The predicted octanol–water partition coefficient (Wildman–Crippen LogP) is 5.78. The summed E-state index contributed by atoms with van der Waals surface area (Å²) in [6, 6.07) is 9.65. The average molecular weight is 450 g/mol. The molecular weight excluding hydrogens is 417 g/mol. The number of ether oxygens (including phenoxy) is 1. The van der Waals surface area contributed by atoms with Crippen molar-refractivity contribution in [3.8, 4) is 5.75 Å². The molecule has 0 saturated heterocycles. The second-order valence-electron chi connectivity index (χ2n) is 9.16. The van der Waals surface area contributed by atoms with Crippen LogP contribution < -0.4 is 10.1 Å². The summed E-state index contributed by atoms with van der Waals surface area (Å²) in [5, 5.41) is 11.3. The number of allylic oxidation sites excluding steroid dienone is 4. The fraction of sp³-hybridized carbons (Fsp3) is 0.407. The van der Waals surface area contributed by atoms with Gasteiger partial charge in [-0.25, -0.2) is 4.39 Å². The smallest absolute Gasteiger partial charge is 0.230 e. The number of carbonyl (C=O) groups is 1. The average Bonchev–Trinajstić information content (AvgIpc) is 3.71. The normalized spacial score (nSPS) is 22.0. The molecule has 2 N–H and O–H groups in total. The van der Waals surface area contributed by atoms with E-state index >= 15 is 4.39 Å². The Kier molecular flexibility index (Phi) is 6.82. The lowest BCUT2D eigenvalue weighted by molar-refractivity contribution is -0.132. The van der Waals surface area contributed by atoms with Gasteiger partial charge >= 0.3 is 0 Å². The van der Waals surface area contributed by atoms with E-state index in [1.165, 1.54) is 6.21 Å². The van der Waals surface area contributed by atoms with E-state index in [2.05, 4.69) is 11.9 Å². The third-order valence-corrected chi connectivity index (χ3v) is 6.42. The van der Waals surface area contributed by atoms with Crippen molar-refractivity contribution in [3.63, 3.8) is 0 Å². The monoisotopic (exact) mass is 449 g/mol. The Morgan fingerprint density at radius 2 is 1.91 bits per heavy atom. The summed E-state index contributed by atoms with van der Waals surface area (Å²) in [6.07, 6.45) is 8.28. The van der Waals surface area contributed by atoms with E-state index in [1.54, 1.807) is 4.90 Å². The van der Waals surface area contributed by atoms with Crippen LogP contribution in [0.2, 0.25) is 0 Å². The number of halogens is 1. The van der Waals surface area contributed by atoms with Gasteiger partial charge in [-0.05, 0) is 64.5 Å². The maximum Gasteiger partial charge on any atom is 0.230 e. The van der Waals surface area contributed by atoms with E-state index in [4.69, 9.17) is 10.1 Å². The highest BCUT2D eigenvalue weighted by Crippen LogP contribution is 2.41. The summed E-state index contributed by atoms with van der Waals surface area (Å²) in [6.45, 7) is 7.42. The molecule has 2 saturated carbocycles. The zero-order valence-corrected chi connectivity index (χ0v) is 19.4. The van der Waals surface area contributed by atoms with Gasteiger partial charge in [0.1, 0.15) is 17.3 Å².